The number of halogens is 1. The fourth-order valence-electron chi connectivity index (χ4n) is 3.02. The highest BCUT2D eigenvalue weighted by molar-refractivity contribution is 7.88. The molecular formula is C20H24FNO4S. The second-order valence-electron chi connectivity index (χ2n) is 6.54. The van der Waals surface area contributed by atoms with Crippen LogP contribution in [0.25, 0.3) is 0 Å². The molecule has 27 heavy (non-hydrogen) atoms. The number of para-hydroxylation sites is 1. The molecule has 0 N–H and O–H groups in total. The summed E-state index contributed by atoms with van der Waals surface area (Å²) in [6.07, 6.45) is 1.70. The molecule has 1 unspecified atom stereocenters. The summed E-state index contributed by atoms with van der Waals surface area (Å²) in [5.41, 5.74) is 0.553. The first kappa shape index (κ1) is 19.8. The first-order chi connectivity index (χ1) is 13.0. The molecule has 0 spiro atoms. The zero-order valence-electron chi connectivity index (χ0n) is 15.1. The number of rotatable bonds is 9. The van der Waals surface area contributed by atoms with Crippen molar-refractivity contribution in [2.75, 3.05) is 26.3 Å². The largest absolute Gasteiger partial charge is 0.492 e. The fraction of sp³-hybridized carbons (Fsp3) is 0.400. The van der Waals surface area contributed by atoms with E-state index in [1.165, 1.54) is 28.6 Å². The lowest BCUT2D eigenvalue weighted by atomic mass is 10.2. The normalized spacial score (nSPS) is 17.3. The van der Waals surface area contributed by atoms with E-state index in [0.717, 1.165) is 12.8 Å². The molecule has 0 aromatic heterocycles. The van der Waals surface area contributed by atoms with Gasteiger partial charge in [0.1, 0.15) is 18.2 Å². The summed E-state index contributed by atoms with van der Waals surface area (Å²) < 4.78 is 51.7. The van der Waals surface area contributed by atoms with Crippen LogP contribution in [0.2, 0.25) is 0 Å². The van der Waals surface area contributed by atoms with Crippen molar-refractivity contribution in [2.45, 2.75) is 24.7 Å². The van der Waals surface area contributed by atoms with E-state index in [2.05, 4.69) is 0 Å². The van der Waals surface area contributed by atoms with Crippen molar-refractivity contribution >= 4 is 10.0 Å². The minimum absolute atomic E-state index is 0.0929. The van der Waals surface area contributed by atoms with Crippen molar-refractivity contribution in [1.82, 2.24) is 4.31 Å². The summed E-state index contributed by atoms with van der Waals surface area (Å²) >= 11 is 0. The van der Waals surface area contributed by atoms with Crippen molar-refractivity contribution in [3.8, 4) is 5.75 Å². The summed E-state index contributed by atoms with van der Waals surface area (Å²) in [7, 11) is -3.58. The van der Waals surface area contributed by atoms with Crippen molar-refractivity contribution in [3.05, 3.63) is 66.0 Å². The molecule has 5 nitrogen and oxygen atoms in total. The van der Waals surface area contributed by atoms with Gasteiger partial charge in [-0.3, -0.25) is 0 Å². The molecule has 1 heterocycles. The maximum atomic E-state index is 13.1. The topological polar surface area (TPSA) is 55.8 Å². The van der Waals surface area contributed by atoms with Crippen molar-refractivity contribution < 1.29 is 22.3 Å². The van der Waals surface area contributed by atoms with Crippen LogP contribution in [0.1, 0.15) is 18.4 Å². The molecule has 3 rings (SSSR count). The average Bonchev–Trinajstić information content (AvgIpc) is 3.17. The minimum atomic E-state index is -3.58. The van der Waals surface area contributed by atoms with Crippen LogP contribution in [-0.2, 0) is 20.5 Å². The molecule has 2 aromatic rings. The highest BCUT2D eigenvalue weighted by Crippen LogP contribution is 2.18. The Hall–Kier alpha value is -1.96. The van der Waals surface area contributed by atoms with Crippen LogP contribution in [0.5, 0.6) is 5.75 Å². The number of ether oxygens (including phenoxy) is 2. The maximum absolute atomic E-state index is 13.1. The zero-order valence-corrected chi connectivity index (χ0v) is 15.9. The van der Waals surface area contributed by atoms with Gasteiger partial charge in [0.15, 0.2) is 0 Å². The lowest BCUT2D eigenvalue weighted by molar-refractivity contribution is 0.0909. The van der Waals surface area contributed by atoms with E-state index in [1.54, 1.807) is 0 Å². The number of hydrogen-bond donors (Lipinski definition) is 0. The number of hydrogen-bond acceptors (Lipinski definition) is 4. The second kappa shape index (κ2) is 9.30. The van der Waals surface area contributed by atoms with Gasteiger partial charge in [0.05, 0.1) is 11.9 Å². The minimum Gasteiger partial charge on any atom is -0.492 e. The molecule has 0 amide bonds. The molecule has 7 heteroatoms. The van der Waals surface area contributed by atoms with Crippen LogP contribution in [0.15, 0.2) is 54.6 Å². The predicted molar refractivity (Wildman–Crippen MR) is 102 cm³/mol. The summed E-state index contributed by atoms with van der Waals surface area (Å²) in [5.74, 6) is 0.139. The quantitative estimate of drug-likeness (QED) is 0.656. The fourth-order valence-corrected chi connectivity index (χ4v) is 4.57. The van der Waals surface area contributed by atoms with Crippen LogP contribution in [-0.4, -0.2) is 45.1 Å². The number of sulfonamides is 1. The van der Waals surface area contributed by atoms with Crippen LogP contribution in [0.4, 0.5) is 4.39 Å². The summed E-state index contributed by atoms with van der Waals surface area (Å²) in [6, 6.07) is 14.8. The van der Waals surface area contributed by atoms with E-state index in [-0.39, 0.29) is 30.8 Å². The predicted octanol–water partition coefficient (Wildman–Crippen LogP) is 3.22. The van der Waals surface area contributed by atoms with Crippen LogP contribution in [0.3, 0.4) is 0 Å². The zero-order chi connectivity index (χ0) is 19.1. The van der Waals surface area contributed by atoms with Gasteiger partial charge in [-0.05, 0) is 42.7 Å². The highest BCUT2D eigenvalue weighted by Gasteiger charge is 2.27. The van der Waals surface area contributed by atoms with E-state index in [4.69, 9.17) is 9.47 Å². The Morgan fingerprint density at radius 2 is 1.85 bits per heavy atom. The molecule has 1 fully saturated rings. The molecule has 0 radical (unpaired) electrons. The maximum Gasteiger partial charge on any atom is 0.218 e. The molecule has 1 atom stereocenters. The summed E-state index contributed by atoms with van der Waals surface area (Å²) in [4.78, 5) is 0. The third-order valence-corrected chi connectivity index (χ3v) is 6.26. The molecule has 0 saturated carbocycles. The van der Waals surface area contributed by atoms with Gasteiger partial charge in [0, 0.05) is 19.7 Å². The van der Waals surface area contributed by atoms with E-state index in [1.807, 2.05) is 30.3 Å². The third kappa shape index (κ3) is 6.02. The van der Waals surface area contributed by atoms with E-state index in [9.17, 15) is 12.8 Å². The Balaban J connectivity index is 1.66. The SMILES string of the molecule is O=S(=O)(Cc1ccc(F)cc1)N(CCOc1ccccc1)CC1CCCO1. The smallest absolute Gasteiger partial charge is 0.218 e. The van der Waals surface area contributed by atoms with Crippen molar-refractivity contribution in [3.63, 3.8) is 0 Å². The highest BCUT2D eigenvalue weighted by atomic mass is 32.2. The van der Waals surface area contributed by atoms with Crippen molar-refractivity contribution in [2.24, 2.45) is 0 Å². The molecule has 1 saturated heterocycles. The third-order valence-electron chi connectivity index (χ3n) is 4.44. The second-order valence-corrected chi connectivity index (χ2v) is 8.51. The Kier molecular flexibility index (Phi) is 6.82. The monoisotopic (exact) mass is 393 g/mol. The molecule has 0 bridgehead atoms. The Bertz CT molecular complexity index is 806. The van der Waals surface area contributed by atoms with Gasteiger partial charge < -0.3 is 9.47 Å². The molecule has 1 aliphatic rings. The molecule has 0 aliphatic carbocycles. The van der Waals surface area contributed by atoms with Crippen molar-refractivity contribution in [1.29, 1.82) is 0 Å². The van der Waals surface area contributed by atoms with Gasteiger partial charge in [0.25, 0.3) is 0 Å². The van der Waals surface area contributed by atoms with Crippen LogP contribution < -0.4 is 4.74 Å². The van der Waals surface area contributed by atoms with E-state index in [0.29, 0.717) is 24.5 Å². The molecule has 146 valence electrons. The van der Waals surface area contributed by atoms with E-state index >= 15 is 0 Å². The molecular weight excluding hydrogens is 369 g/mol. The average molecular weight is 393 g/mol. The van der Waals surface area contributed by atoms with Gasteiger partial charge in [-0.2, -0.15) is 4.31 Å². The van der Waals surface area contributed by atoms with E-state index < -0.39 is 10.0 Å². The Morgan fingerprint density at radius 3 is 2.52 bits per heavy atom. The lowest BCUT2D eigenvalue weighted by Gasteiger charge is -2.25. The standard InChI is InChI=1S/C20H24FNO4S/c21-18-10-8-17(9-11-18)16-27(23,24)22(15-20-7-4-13-25-20)12-14-26-19-5-2-1-3-6-19/h1-3,5-6,8-11,20H,4,7,12-16H2. The first-order valence-corrected chi connectivity index (χ1v) is 10.7. The van der Waals surface area contributed by atoms with Crippen LogP contribution >= 0.6 is 0 Å². The van der Waals surface area contributed by atoms with Gasteiger partial charge in [0.2, 0.25) is 10.0 Å². The molecule has 1 aliphatic heterocycles. The lowest BCUT2D eigenvalue weighted by Crippen LogP contribution is -2.40. The van der Waals surface area contributed by atoms with Gasteiger partial charge in [-0.1, -0.05) is 30.3 Å². The number of nitrogens with zero attached hydrogens (tertiary/aromatic N) is 1. The Morgan fingerprint density at radius 1 is 1.11 bits per heavy atom. The molecule has 2 aromatic carbocycles. The van der Waals surface area contributed by atoms with Crippen LogP contribution in [0, 0.1) is 5.82 Å². The van der Waals surface area contributed by atoms with Gasteiger partial charge in [-0.25, -0.2) is 12.8 Å². The van der Waals surface area contributed by atoms with Gasteiger partial charge >= 0.3 is 0 Å². The Labute approximate surface area is 159 Å². The summed E-state index contributed by atoms with van der Waals surface area (Å²) in [6.45, 7) is 1.45. The van der Waals surface area contributed by atoms with Gasteiger partial charge in [-0.15, -0.1) is 0 Å². The first-order valence-electron chi connectivity index (χ1n) is 9.05. The summed E-state index contributed by atoms with van der Waals surface area (Å²) in [5, 5.41) is 0. The number of benzene rings is 2.